The zero-order valence-corrected chi connectivity index (χ0v) is 18.2. The summed E-state index contributed by atoms with van der Waals surface area (Å²) < 4.78 is 0. The summed E-state index contributed by atoms with van der Waals surface area (Å²) in [6.07, 6.45) is 5.08. The molecule has 0 spiro atoms. The highest BCUT2D eigenvalue weighted by Gasteiger charge is 2.41. The molecule has 29 heavy (non-hydrogen) atoms. The van der Waals surface area contributed by atoms with E-state index in [1.165, 1.54) is 12.1 Å². The van der Waals surface area contributed by atoms with Gasteiger partial charge in [-0.1, -0.05) is 63.8 Å². The van der Waals surface area contributed by atoms with Gasteiger partial charge in [-0.05, 0) is 54.8 Å². The van der Waals surface area contributed by atoms with E-state index in [4.69, 9.17) is 11.6 Å². The Bertz CT molecular complexity index is 1020. The molecule has 1 aromatic heterocycles. The second kappa shape index (κ2) is 7.53. The van der Waals surface area contributed by atoms with Crippen LogP contribution in [0.15, 0.2) is 48.5 Å². The van der Waals surface area contributed by atoms with Gasteiger partial charge in [-0.3, -0.25) is 4.79 Å². The van der Waals surface area contributed by atoms with Crippen LogP contribution < -0.4 is 5.32 Å². The molecule has 1 aliphatic rings. The molecule has 0 aliphatic heterocycles. The maximum atomic E-state index is 13.5. The average Bonchev–Trinajstić information content (AvgIpc) is 3.13. The number of H-pyrrole nitrogens is 1. The Morgan fingerprint density at radius 3 is 2.34 bits per heavy atom. The van der Waals surface area contributed by atoms with Gasteiger partial charge in [0.1, 0.15) is 0 Å². The fourth-order valence-electron chi connectivity index (χ4n) is 4.44. The molecular weight excluding hydrogens is 380 g/mol. The Labute approximate surface area is 177 Å². The number of hydrogen-bond donors (Lipinski definition) is 2. The van der Waals surface area contributed by atoms with E-state index in [0.717, 1.165) is 47.8 Å². The molecule has 2 N–H and O–H groups in total. The number of benzene rings is 2. The lowest BCUT2D eigenvalue weighted by atomic mass is 9.68. The Morgan fingerprint density at radius 2 is 1.69 bits per heavy atom. The van der Waals surface area contributed by atoms with E-state index < -0.39 is 5.41 Å². The molecule has 1 saturated carbocycles. The third-order valence-electron chi connectivity index (χ3n) is 6.23. The van der Waals surface area contributed by atoms with Gasteiger partial charge in [0.2, 0.25) is 5.91 Å². The van der Waals surface area contributed by atoms with E-state index in [2.05, 4.69) is 49.3 Å². The van der Waals surface area contributed by atoms with Gasteiger partial charge in [0.15, 0.2) is 0 Å². The maximum absolute atomic E-state index is 13.5. The number of aromatic nitrogens is 1. The third kappa shape index (κ3) is 3.93. The van der Waals surface area contributed by atoms with Gasteiger partial charge >= 0.3 is 0 Å². The Morgan fingerprint density at radius 1 is 1.00 bits per heavy atom. The molecule has 0 saturated heterocycles. The number of halogens is 1. The first kappa shape index (κ1) is 20.0. The number of amides is 1. The summed E-state index contributed by atoms with van der Waals surface area (Å²) >= 11 is 6.09. The summed E-state index contributed by atoms with van der Waals surface area (Å²) in [5, 5.41) is 5.04. The molecule has 3 nitrogen and oxygen atoms in total. The highest BCUT2D eigenvalue weighted by Crippen LogP contribution is 2.41. The second-order valence-electron chi connectivity index (χ2n) is 9.34. The standard InChI is InChI=1S/C25H29ClN2O/c1-24(2,3)22-16-17-15-20(11-12-21(17)28-22)27-23(29)25(13-5-4-6-14-25)18-7-9-19(26)10-8-18/h7-12,15-16,28H,4-6,13-14H2,1-3H3,(H,27,29). The predicted octanol–water partition coefficient (Wildman–Crippen LogP) is 6.96. The van der Waals surface area contributed by atoms with Crippen LogP contribution in [0, 0.1) is 0 Å². The fraction of sp³-hybridized carbons (Fsp3) is 0.400. The van der Waals surface area contributed by atoms with Gasteiger partial charge in [-0.15, -0.1) is 0 Å². The lowest BCUT2D eigenvalue weighted by Crippen LogP contribution is -2.42. The summed E-state index contributed by atoms with van der Waals surface area (Å²) in [4.78, 5) is 17.0. The summed E-state index contributed by atoms with van der Waals surface area (Å²) in [5.74, 6) is 0.0884. The van der Waals surface area contributed by atoms with Gasteiger partial charge in [0.05, 0.1) is 5.41 Å². The number of carbonyl (C=O) groups excluding carboxylic acids is 1. The Balaban J connectivity index is 1.64. The predicted molar refractivity (Wildman–Crippen MR) is 122 cm³/mol. The van der Waals surface area contributed by atoms with E-state index in [1.54, 1.807) is 0 Å². The monoisotopic (exact) mass is 408 g/mol. The number of nitrogens with one attached hydrogen (secondary N) is 2. The minimum Gasteiger partial charge on any atom is -0.358 e. The van der Waals surface area contributed by atoms with Gasteiger partial charge < -0.3 is 10.3 Å². The van der Waals surface area contributed by atoms with Crippen molar-refractivity contribution in [1.82, 2.24) is 4.98 Å². The molecule has 0 radical (unpaired) electrons. The largest absolute Gasteiger partial charge is 0.358 e. The minimum atomic E-state index is -0.480. The van der Waals surface area contributed by atoms with Crippen LogP contribution in [-0.4, -0.2) is 10.9 Å². The first-order valence-electron chi connectivity index (χ1n) is 10.5. The number of anilines is 1. The molecule has 0 bridgehead atoms. The quantitative estimate of drug-likeness (QED) is 0.483. The van der Waals surface area contributed by atoms with E-state index in [1.807, 2.05) is 30.3 Å². The molecule has 0 unspecified atom stereocenters. The van der Waals surface area contributed by atoms with Crippen LogP contribution in [-0.2, 0) is 15.6 Å². The molecule has 1 heterocycles. The van der Waals surface area contributed by atoms with Crippen molar-refractivity contribution in [2.75, 3.05) is 5.32 Å². The molecule has 4 heteroatoms. The number of rotatable bonds is 3. The van der Waals surface area contributed by atoms with Crippen molar-refractivity contribution in [3.63, 3.8) is 0 Å². The van der Waals surface area contributed by atoms with Crippen molar-refractivity contribution in [3.8, 4) is 0 Å². The summed E-state index contributed by atoms with van der Waals surface area (Å²) in [5.41, 5.74) is 3.78. The van der Waals surface area contributed by atoms with E-state index in [-0.39, 0.29) is 11.3 Å². The normalized spacial score (nSPS) is 16.7. The van der Waals surface area contributed by atoms with Gasteiger partial charge in [0, 0.05) is 32.7 Å². The lowest BCUT2D eigenvalue weighted by molar-refractivity contribution is -0.122. The summed E-state index contributed by atoms with van der Waals surface area (Å²) in [7, 11) is 0. The Hall–Kier alpha value is -2.26. The number of aromatic amines is 1. The zero-order valence-electron chi connectivity index (χ0n) is 17.4. The van der Waals surface area contributed by atoms with Crippen molar-refractivity contribution in [3.05, 3.63) is 64.8 Å². The van der Waals surface area contributed by atoms with Crippen molar-refractivity contribution in [2.24, 2.45) is 0 Å². The number of fused-ring (bicyclic) bond motifs is 1. The van der Waals surface area contributed by atoms with Crippen LogP contribution in [0.2, 0.25) is 5.02 Å². The first-order chi connectivity index (χ1) is 13.8. The number of hydrogen-bond acceptors (Lipinski definition) is 1. The van der Waals surface area contributed by atoms with Crippen molar-refractivity contribution in [2.45, 2.75) is 63.7 Å². The van der Waals surface area contributed by atoms with Crippen LogP contribution in [0.3, 0.4) is 0 Å². The lowest BCUT2D eigenvalue weighted by Gasteiger charge is -2.36. The van der Waals surface area contributed by atoms with Crippen LogP contribution in [0.4, 0.5) is 5.69 Å². The van der Waals surface area contributed by atoms with Crippen LogP contribution in [0.1, 0.15) is 64.1 Å². The average molecular weight is 409 g/mol. The van der Waals surface area contributed by atoms with E-state index in [9.17, 15) is 4.79 Å². The van der Waals surface area contributed by atoms with Gasteiger partial charge in [0.25, 0.3) is 0 Å². The van der Waals surface area contributed by atoms with E-state index in [0.29, 0.717) is 5.02 Å². The van der Waals surface area contributed by atoms with Crippen LogP contribution in [0.5, 0.6) is 0 Å². The minimum absolute atomic E-state index is 0.0587. The van der Waals surface area contributed by atoms with Crippen molar-refractivity contribution in [1.29, 1.82) is 0 Å². The fourth-order valence-corrected chi connectivity index (χ4v) is 4.56. The first-order valence-corrected chi connectivity index (χ1v) is 10.9. The van der Waals surface area contributed by atoms with Crippen molar-refractivity contribution < 1.29 is 4.79 Å². The van der Waals surface area contributed by atoms with Crippen LogP contribution in [0.25, 0.3) is 10.9 Å². The molecule has 152 valence electrons. The Kier molecular flexibility index (Phi) is 5.20. The topological polar surface area (TPSA) is 44.9 Å². The molecule has 0 atom stereocenters. The zero-order chi connectivity index (χ0) is 20.6. The summed E-state index contributed by atoms with van der Waals surface area (Å²) in [6.45, 7) is 6.58. The van der Waals surface area contributed by atoms with Gasteiger partial charge in [-0.2, -0.15) is 0 Å². The SMILES string of the molecule is CC(C)(C)c1cc2cc(NC(=O)C3(c4ccc(Cl)cc4)CCCCC3)ccc2[nH]1. The highest BCUT2D eigenvalue weighted by atomic mass is 35.5. The van der Waals surface area contributed by atoms with Gasteiger partial charge in [-0.25, -0.2) is 0 Å². The molecule has 1 amide bonds. The molecular formula is C25H29ClN2O. The smallest absolute Gasteiger partial charge is 0.235 e. The molecule has 1 aliphatic carbocycles. The molecule has 1 fully saturated rings. The third-order valence-corrected chi connectivity index (χ3v) is 6.48. The molecule has 3 aromatic rings. The van der Waals surface area contributed by atoms with Crippen LogP contribution >= 0.6 is 11.6 Å². The second-order valence-corrected chi connectivity index (χ2v) is 9.78. The molecule has 4 rings (SSSR count). The summed E-state index contributed by atoms with van der Waals surface area (Å²) in [6, 6.07) is 16.1. The highest BCUT2D eigenvalue weighted by molar-refractivity contribution is 6.30. The van der Waals surface area contributed by atoms with E-state index >= 15 is 0 Å². The molecule has 2 aromatic carbocycles. The van der Waals surface area contributed by atoms with Crippen molar-refractivity contribution >= 4 is 34.1 Å². The number of carbonyl (C=O) groups is 1. The maximum Gasteiger partial charge on any atom is 0.235 e.